The van der Waals surface area contributed by atoms with Crippen molar-refractivity contribution in [1.82, 2.24) is 0 Å². The van der Waals surface area contributed by atoms with Crippen molar-refractivity contribution in [2.24, 2.45) is 0 Å². The number of hydrogen-bond acceptors (Lipinski definition) is 0. The van der Waals surface area contributed by atoms with Crippen LogP contribution >= 0.6 is 0 Å². The molecule has 0 bridgehead atoms. The topological polar surface area (TPSA) is 0 Å². The van der Waals surface area contributed by atoms with Crippen molar-refractivity contribution in [3.8, 4) is 0 Å². The van der Waals surface area contributed by atoms with Crippen LogP contribution in [0.4, 0.5) is 8.78 Å². The van der Waals surface area contributed by atoms with Crippen molar-refractivity contribution in [3.05, 3.63) is 90.0 Å². The molecule has 90 valence electrons. The van der Waals surface area contributed by atoms with Gasteiger partial charge in [-0.2, -0.15) is 0 Å². The zero-order chi connectivity index (χ0) is 13.0. The molecule has 18 heavy (non-hydrogen) atoms. The standard InChI is InChI=1S/C16H12F2/c1-2-5-16(12-6-3-8-14(17)10-12)13-7-4-9-15(18)11-13/h2-11H,1H2. The molecule has 0 aliphatic carbocycles. The van der Waals surface area contributed by atoms with Gasteiger partial charge in [-0.1, -0.05) is 43.0 Å². The zero-order valence-corrected chi connectivity index (χ0v) is 9.74. The molecule has 0 fully saturated rings. The second-order valence-corrected chi connectivity index (χ2v) is 3.84. The molecule has 0 amide bonds. The second kappa shape index (κ2) is 5.41. The Morgan fingerprint density at radius 3 is 1.78 bits per heavy atom. The van der Waals surface area contributed by atoms with E-state index in [1.54, 1.807) is 36.4 Å². The van der Waals surface area contributed by atoms with E-state index in [9.17, 15) is 8.78 Å². The van der Waals surface area contributed by atoms with E-state index in [1.165, 1.54) is 24.3 Å². The van der Waals surface area contributed by atoms with Crippen LogP contribution in [0.25, 0.3) is 5.57 Å². The third-order valence-electron chi connectivity index (χ3n) is 2.56. The summed E-state index contributed by atoms with van der Waals surface area (Å²) in [6.45, 7) is 3.63. The lowest BCUT2D eigenvalue weighted by molar-refractivity contribution is 0.627. The molecule has 0 aromatic heterocycles. The first-order valence-electron chi connectivity index (χ1n) is 5.55. The van der Waals surface area contributed by atoms with Gasteiger partial charge in [0.05, 0.1) is 0 Å². The normalized spacial score (nSPS) is 9.89. The highest BCUT2D eigenvalue weighted by Gasteiger charge is 2.06. The maximum atomic E-state index is 13.2. The number of rotatable bonds is 3. The average molecular weight is 242 g/mol. The van der Waals surface area contributed by atoms with Gasteiger partial charge in [0.1, 0.15) is 11.6 Å². The molecule has 0 radical (unpaired) electrons. The monoisotopic (exact) mass is 242 g/mol. The van der Waals surface area contributed by atoms with E-state index in [4.69, 9.17) is 0 Å². The minimum Gasteiger partial charge on any atom is -0.207 e. The number of allylic oxidation sites excluding steroid dienone is 2. The van der Waals surface area contributed by atoms with E-state index in [1.807, 2.05) is 0 Å². The Kier molecular flexibility index (Phi) is 3.68. The molecule has 0 heterocycles. The zero-order valence-electron chi connectivity index (χ0n) is 9.74. The van der Waals surface area contributed by atoms with Gasteiger partial charge in [0.15, 0.2) is 0 Å². The Hall–Kier alpha value is -2.22. The largest absolute Gasteiger partial charge is 0.207 e. The maximum Gasteiger partial charge on any atom is 0.123 e. The van der Waals surface area contributed by atoms with Crippen LogP contribution in [0.5, 0.6) is 0 Å². The van der Waals surface area contributed by atoms with Gasteiger partial charge < -0.3 is 0 Å². The minimum atomic E-state index is -0.320. The molecule has 2 aromatic rings. The molecular weight excluding hydrogens is 230 g/mol. The fraction of sp³-hybridized carbons (Fsp3) is 0. The summed E-state index contributed by atoms with van der Waals surface area (Å²) in [5, 5.41) is 0. The summed E-state index contributed by atoms with van der Waals surface area (Å²) in [5.41, 5.74) is 2.13. The molecule has 0 saturated carbocycles. The van der Waals surface area contributed by atoms with Crippen molar-refractivity contribution in [2.45, 2.75) is 0 Å². The van der Waals surface area contributed by atoms with Crippen LogP contribution in [0.1, 0.15) is 11.1 Å². The third-order valence-corrected chi connectivity index (χ3v) is 2.56. The van der Waals surface area contributed by atoms with Gasteiger partial charge in [-0.05, 0) is 41.0 Å². The number of halogens is 2. The first-order valence-corrected chi connectivity index (χ1v) is 5.55. The highest BCUT2D eigenvalue weighted by Crippen LogP contribution is 2.24. The van der Waals surface area contributed by atoms with Crippen molar-refractivity contribution < 1.29 is 8.78 Å². The van der Waals surface area contributed by atoms with Gasteiger partial charge in [-0.25, -0.2) is 8.78 Å². The van der Waals surface area contributed by atoms with Crippen LogP contribution in [0.2, 0.25) is 0 Å². The smallest absolute Gasteiger partial charge is 0.123 e. The molecule has 0 spiro atoms. The predicted octanol–water partition coefficient (Wildman–Crippen LogP) is 4.58. The van der Waals surface area contributed by atoms with E-state index in [-0.39, 0.29) is 11.6 Å². The highest BCUT2D eigenvalue weighted by molar-refractivity contribution is 5.80. The van der Waals surface area contributed by atoms with Gasteiger partial charge in [0, 0.05) is 0 Å². The van der Waals surface area contributed by atoms with Crippen molar-refractivity contribution in [2.75, 3.05) is 0 Å². The van der Waals surface area contributed by atoms with E-state index < -0.39 is 0 Å². The summed E-state index contributed by atoms with van der Waals surface area (Å²) in [5.74, 6) is -0.641. The summed E-state index contributed by atoms with van der Waals surface area (Å²) in [6, 6.07) is 12.4. The number of benzene rings is 2. The predicted molar refractivity (Wildman–Crippen MR) is 70.1 cm³/mol. The van der Waals surface area contributed by atoms with Crippen LogP contribution < -0.4 is 0 Å². The van der Waals surface area contributed by atoms with E-state index in [2.05, 4.69) is 6.58 Å². The molecule has 0 aliphatic rings. The summed E-state index contributed by atoms with van der Waals surface area (Å²) >= 11 is 0. The van der Waals surface area contributed by atoms with E-state index >= 15 is 0 Å². The second-order valence-electron chi connectivity index (χ2n) is 3.84. The molecule has 0 unspecified atom stereocenters. The average Bonchev–Trinajstić information content (AvgIpc) is 2.36. The lowest BCUT2D eigenvalue weighted by Gasteiger charge is -2.08. The number of hydrogen-bond donors (Lipinski definition) is 0. The van der Waals surface area contributed by atoms with Crippen LogP contribution in [-0.2, 0) is 0 Å². The Balaban J connectivity index is 2.54. The Morgan fingerprint density at radius 1 is 0.889 bits per heavy atom. The summed E-state index contributed by atoms with van der Waals surface area (Å²) in [6.07, 6.45) is 3.34. The van der Waals surface area contributed by atoms with Crippen LogP contribution in [0, 0.1) is 11.6 Å². The van der Waals surface area contributed by atoms with Gasteiger partial charge in [-0.3, -0.25) is 0 Å². The third kappa shape index (κ3) is 2.72. The Morgan fingerprint density at radius 2 is 1.39 bits per heavy atom. The molecule has 2 heteroatoms. The first-order chi connectivity index (χ1) is 8.70. The molecule has 0 N–H and O–H groups in total. The van der Waals surface area contributed by atoms with Crippen molar-refractivity contribution in [3.63, 3.8) is 0 Å². The lowest BCUT2D eigenvalue weighted by atomic mass is 9.97. The van der Waals surface area contributed by atoms with Gasteiger partial charge >= 0.3 is 0 Å². The summed E-state index contributed by atoms with van der Waals surface area (Å²) in [4.78, 5) is 0. The quantitative estimate of drug-likeness (QED) is 0.691. The van der Waals surface area contributed by atoms with Crippen molar-refractivity contribution in [1.29, 1.82) is 0 Å². The molecule has 2 rings (SSSR count). The van der Waals surface area contributed by atoms with E-state index in [0.717, 1.165) is 5.57 Å². The lowest BCUT2D eigenvalue weighted by Crippen LogP contribution is -1.90. The van der Waals surface area contributed by atoms with E-state index in [0.29, 0.717) is 11.1 Å². The fourth-order valence-corrected chi connectivity index (χ4v) is 1.79. The molecule has 0 atom stereocenters. The minimum absolute atomic E-state index is 0.320. The van der Waals surface area contributed by atoms with Crippen molar-refractivity contribution >= 4 is 5.57 Å². The Labute approximate surface area is 105 Å². The van der Waals surface area contributed by atoms with Gasteiger partial charge in [0.25, 0.3) is 0 Å². The first kappa shape index (κ1) is 12.2. The molecule has 0 aliphatic heterocycles. The van der Waals surface area contributed by atoms with Crippen LogP contribution in [-0.4, -0.2) is 0 Å². The molecular formula is C16H12F2. The summed E-state index contributed by atoms with van der Waals surface area (Å²) < 4.78 is 26.5. The molecule has 2 aromatic carbocycles. The fourth-order valence-electron chi connectivity index (χ4n) is 1.79. The SMILES string of the molecule is C=CC=C(c1cccc(F)c1)c1cccc(F)c1. The maximum absolute atomic E-state index is 13.2. The highest BCUT2D eigenvalue weighted by atomic mass is 19.1. The molecule has 0 saturated heterocycles. The Bertz CT molecular complexity index is 550. The summed E-state index contributed by atoms with van der Waals surface area (Å²) in [7, 11) is 0. The van der Waals surface area contributed by atoms with Crippen LogP contribution in [0.15, 0.2) is 67.3 Å². The molecule has 0 nitrogen and oxygen atoms in total. The van der Waals surface area contributed by atoms with Gasteiger partial charge in [0.2, 0.25) is 0 Å². The van der Waals surface area contributed by atoms with Crippen LogP contribution in [0.3, 0.4) is 0 Å². The van der Waals surface area contributed by atoms with Gasteiger partial charge in [-0.15, -0.1) is 0 Å².